The average molecular weight is 512 g/mol. The van der Waals surface area contributed by atoms with Crippen molar-refractivity contribution < 1.29 is 37.3 Å². The fourth-order valence-electron chi connectivity index (χ4n) is 3.09. The Bertz CT molecular complexity index is 1180. The number of ether oxygens (including phenoxy) is 2. The van der Waals surface area contributed by atoms with Crippen LogP contribution in [-0.4, -0.2) is 34.8 Å². The third-order valence-corrected chi connectivity index (χ3v) is 5.24. The van der Waals surface area contributed by atoms with Gasteiger partial charge in [-0.2, -0.15) is 0 Å². The number of para-hydroxylation sites is 1. The van der Waals surface area contributed by atoms with Gasteiger partial charge in [-0.05, 0) is 40.5 Å². The zero-order chi connectivity index (χ0) is 23.5. The Labute approximate surface area is 189 Å². The number of aromatic hydroxyl groups is 1. The number of ketones is 1. The first-order valence-corrected chi connectivity index (χ1v) is 10.3. The van der Waals surface area contributed by atoms with Crippen LogP contribution >= 0.6 is 15.9 Å². The molecule has 2 aromatic carbocycles. The molecule has 6 nitrogen and oxygen atoms in total. The van der Waals surface area contributed by atoms with Crippen LogP contribution < -0.4 is 4.74 Å². The molecule has 0 aliphatic rings. The SMILES string of the molecule is CCOC(=O)CCC(=O)c1nc2c(-c3cccc(OC(F)(F)F)c3)cccc2c(Br)c1O. The molecule has 0 atom stereocenters. The van der Waals surface area contributed by atoms with Crippen LogP contribution in [0.3, 0.4) is 0 Å². The van der Waals surface area contributed by atoms with Crippen molar-refractivity contribution in [3.05, 3.63) is 52.6 Å². The molecule has 0 unspecified atom stereocenters. The minimum absolute atomic E-state index is 0.179. The number of alkyl halides is 3. The van der Waals surface area contributed by atoms with Crippen LogP contribution in [-0.2, 0) is 9.53 Å². The number of benzene rings is 2. The van der Waals surface area contributed by atoms with Crippen LogP contribution in [0.15, 0.2) is 46.9 Å². The van der Waals surface area contributed by atoms with Crippen molar-refractivity contribution in [2.75, 3.05) is 6.61 Å². The lowest BCUT2D eigenvalue weighted by Crippen LogP contribution is -2.17. The molecule has 0 spiro atoms. The second kappa shape index (κ2) is 9.56. The van der Waals surface area contributed by atoms with Gasteiger partial charge in [0.2, 0.25) is 0 Å². The molecule has 1 aromatic heterocycles. The third-order valence-electron chi connectivity index (χ3n) is 4.43. The topological polar surface area (TPSA) is 85.7 Å². The summed E-state index contributed by atoms with van der Waals surface area (Å²) in [7, 11) is 0. The van der Waals surface area contributed by atoms with E-state index < -0.39 is 29.6 Å². The second-order valence-corrected chi connectivity index (χ2v) is 7.42. The fourth-order valence-corrected chi connectivity index (χ4v) is 3.60. The van der Waals surface area contributed by atoms with Gasteiger partial charge in [-0.3, -0.25) is 9.59 Å². The van der Waals surface area contributed by atoms with Gasteiger partial charge in [0.05, 0.1) is 23.0 Å². The molecule has 0 saturated carbocycles. The maximum absolute atomic E-state index is 12.6. The summed E-state index contributed by atoms with van der Waals surface area (Å²) in [5.74, 6) is -1.93. The molecule has 10 heteroatoms. The predicted molar refractivity (Wildman–Crippen MR) is 113 cm³/mol. The van der Waals surface area contributed by atoms with E-state index in [2.05, 4.69) is 25.7 Å². The van der Waals surface area contributed by atoms with Crippen molar-refractivity contribution >= 4 is 38.6 Å². The Morgan fingerprint density at radius 2 is 1.84 bits per heavy atom. The Morgan fingerprint density at radius 1 is 1.12 bits per heavy atom. The molecular weight excluding hydrogens is 495 g/mol. The largest absolute Gasteiger partial charge is 0.573 e. The number of nitrogens with zero attached hydrogens (tertiary/aromatic N) is 1. The molecule has 3 rings (SSSR count). The number of hydrogen-bond acceptors (Lipinski definition) is 6. The molecule has 0 fully saturated rings. The molecule has 3 aromatic rings. The summed E-state index contributed by atoms with van der Waals surface area (Å²) in [6, 6.07) is 10.2. The quantitative estimate of drug-likeness (QED) is 0.319. The lowest BCUT2D eigenvalue weighted by atomic mass is 10.0. The number of Topliss-reactive ketones (excluding diaryl/α,β-unsaturated/α-hetero) is 1. The lowest BCUT2D eigenvalue weighted by Gasteiger charge is -2.13. The van der Waals surface area contributed by atoms with Crippen LogP contribution in [0, 0.1) is 0 Å². The summed E-state index contributed by atoms with van der Waals surface area (Å²) in [5.41, 5.74) is 0.812. The number of pyridine rings is 1. The minimum atomic E-state index is -4.84. The van der Waals surface area contributed by atoms with Gasteiger partial charge in [-0.1, -0.05) is 30.3 Å². The zero-order valence-corrected chi connectivity index (χ0v) is 18.3. The minimum Gasteiger partial charge on any atom is -0.504 e. The van der Waals surface area contributed by atoms with E-state index in [1.807, 2.05) is 0 Å². The smallest absolute Gasteiger partial charge is 0.504 e. The standard InChI is InChI=1S/C22H17BrF3NO5/c1-2-31-17(29)10-9-16(28)20-21(30)18(23)15-8-4-7-14(19(15)27-20)12-5-3-6-13(11-12)32-22(24,25)26/h3-8,11,30H,2,9-10H2,1H3. The predicted octanol–water partition coefficient (Wildman–Crippen LogP) is 5.79. The molecular formula is C22H17BrF3NO5. The second-order valence-electron chi connectivity index (χ2n) is 6.63. The van der Waals surface area contributed by atoms with E-state index in [-0.39, 0.29) is 35.1 Å². The Hall–Kier alpha value is -3.14. The Balaban J connectivity index is 2.06. The van der Waals surface area contributed by atoms with E-state index in [9.17, 15) is 27.9 Å². The van der Waals surface area contributed by atoms with Crippen molar-refractivity contribution in [2.45, 2.75) is 26.1 Å². The zero-order valence-electron chi connectivity index (χ0n) is 16.7. The maximum atomic E-state index is 12.6. The summed E-state index contributed by atoms with van der Waals surface area (Å²) >= 11 is 3.26. The van der Waals surface area contributed by atoms with E-state index in [0.717, 1.165) is 0 Å². The number of aromatic nitrogens is 1. The molecule has 1 N–H and O–H groups in total. The molecule has 1 heterocycles. The van der Waals surface area contributed by atoms with Gasteiger partial charge in [0, 0.05) is 17.4 Å². The van der Waals surface area contributed by atoms with Gasteiger partial charge >= 0.3 is 12.3 Å². The summed E-state index contributed by atoms with van der Waals surface area (Å²) in [6.45, 7) is 1.82. The molecule has 0 bridgehead atoms. The molecule has 32 heavy (non-hydrogen) atoms. The fraction of sp³-hybridized carbons (Fsp3) is 0.227. The van der Waals surface area contributed by atoms with Crippen molar-refractivity contribution in [1.29, 1.82) is 0 Å². The van der Waals surface area contributed by atoms with Crippen molar-refractivity contribution in [3.63, 3.8) is 0 Å². The number of carbonyl (C=O) groups excluding carboxylic acids is 2. The molecule has 0 aliphatic carbocycles. The molecule has 168 valence electrons. The van der Waals surface area contributed by atoms with Crippen LogP contribution in [0.5, 0.6) is 11.5 Å². The maximum Gasteiger partial charge on any atom is 0.573 e. The summed E-state index contributed by atoms with van der Waals surface area (Å²) < 4.78 is 46.8. The van der Waals surface area contributed by atoms with Gasteiger partial charge in [0.1, 0.15) is 11.4 Å². The third kappa shape index (κ3) is 5.37. The first kappa shape index (κ1) is 23.5. The average Bonchev–Trinajstić information content (AvgIpc) is 2.73. The van der Waals surface area contributed by atoms with Crippen LogP contribution in [0.25, 0.3) is 22.0 Å². The Morgan fingerprint density at radius 3 is 2.53 bits per heavy atom. The van der Waals surface area contributed by atoms with Gasteiger partial charge < -0.3 is 14.6 Å². The molecule has 0 radical (unpaired) electrons. The van der Waals surface area contributed by atoms with Gasteiger partial charge in [-0.15, -0.1) is 13.2 Å². The number of halogens is 4. The summed E-state index contributed by atoms with van der Waals surface area (Å²) in [5, 5.41) is 10.9. The molecule has 0 aliphatic heterocycles. The highest BCUT2D eigenvalue weighted by molar-refractivity contribution is 9.10. The summed E-state index contributed by atoms with van der Waals surface area (Å²) in [6.07, 6.45) is -5.25. The van der Waals surface area contributed by atoms with Crippen LogP contribution in [0.1, 0.15) is 30.3 Å². The van der Waals surface area contributed by atoms with Crippen LogP contribution in [0.2, 0.25) is 0 Å². The van der Waals surface area contributed by atoms with Gasteiger partial charge in [0.15, 0.2) is 11.5 Å². The number of esters is 1. The first-order valence-electron chi connectivity index (χ1n) is 9.47. The van der Waals surface area contributed by atoms with Crippen LogP contribution in [0.4, 0.5) is 13.2 Å². The number of carbonyl (C=O) groups is 2. The lowest BCUT2D eigenvalue weighted by molar-refractivity contribution is -0.274. The normalized spacial score (nSPS) is 11.4. The van der Waals surface area contributed by atoms with Crippen molar-refractivity contribution in [2.24, 2.45) is 0 Å². The highest BCUT2D eigenvalue weighted by Gasteiger charge is 2.31. The summed E-state index contributed by atoms with van der Waals surface area (Å²) in [4.78, 5) is 28.5. The Kier molecular flexibility index (Phi) is 7.02. The molecule has 0 saturated heterocycles. The highest BCUT2D eigenvalue weighted by Crippen LogP contribution is 2.39. The number of fused-ring (bicyclic) bond motifs is 1. The van der Waals surface area contributed by atoms with Gasteiger partial charge in [0.25, 0.3) is 0 Å². The van der Waals surface area contributed by atoms with E-state index in [0.29, 0.717) is 16.5 Å². The van der Waals surface area contributed by atoms with E-state index >= 15 is 0 Å². The molecule has 0 amide bonds. The van der Waals surface area contributed by atoms with Crippen molar-refractivity contribution in [3.8, 4) is 22.6 Å². The number of rotatable bonds is 7. The van der Waals surface area contributed by atoms with E-state index in [4.69, 9.17) is 4.74 Å². The number of hydrogen-bond donors (Lipinski definition) is 1. The monoisotopic (exact) mass is 511 g/mol. The van der Waals surface area contributed by atoms with Gasteiger partial charge in [-0.25, -0.2) is 4.98 Å². The first-order chi connectivity index (χ1) is 15.1. The van der Waals surface area contributed by atoms with E-state index in [1.54, 1.807) is 31.2 Å². The highest BCUT2D eigenvalue weighted by atomic mass is 79.9. The van der Waals surface area contributed by atoms with Crippen molar-refractivity contribution in [1.82, 2.24) is 4.98 Å². The van der Waals surface area contributed by atoms with E-state index in [1.165, 1.54) is 18.2 Å².